The van der Waals surface area contributed by atoms with Crippen molar-refractivity contribution in [3.63, 3.8) is 0 Å². The lowest BCUT2D eigenvalue weighted by atomic mass is 10.2. The van der Waals surface area contributed by atoms with Crippen LogP contribution in [-0.4, -0.2) is 0 Å². The first kappa shape index (κ1) is 11.3. The average molecular weight is 298 g/mol. The van der Waals surface area contributed by atoms with Gasteiger partial charge in [-0.3, -0.25) is 0 Å². The van der Waals surface area contributed by atoms with Gasteiger partial charge in [0, 0.05) is 11.4 Å². The van der Waals surface area contributed by atoms with Gasteiger partial charge in [0.2, 0.25) is 0 Å². The van der Waals surface area contributed by atoms with Crippen molar-refractivity contribution in [2.45, 2.75) is 0 Å². The number of nitrogen functional groups attached to an aromatic ring is 1. The molecule has 0 heterocycles. The van der Waals surface area contributed by atoms with Gasteiger partial charge in [-0.1, -0.05) is 17.7 Å². The molecule has 2 aromatic carbocycles. The largest absolute Gasteiger partial charge is 0.399 e. The van der Waals surface area contributed by atoms with Gasteiger partial charge in [-0.05, 0) is 52.3 Å². The highest BCUT2D eigenvalue weighted by molar-refractivity contribution is 9.10. The quantitative estimate of drug-likeness (QED) is 0.805. The molecule has 0 unspecified atom stereocenters. The first-order chi connectivity index (χ1) is 7.66. The van der Waals surface area contributed by atoms with E-state index in [1.165, 1.54) is 0 Å². The summed E-state index contributed by atoms with van der Waals surface area (Å²) in [6.07, 6.45) is 0. The summed E-state index contributed by atoms with van der Waals surface area (Å²) in [4.78, 5) is 0. The van der Waals surface area contributed by atoms with E-state index in [1.807, 2.05) is 42.5 Å². The van der Waals surface area contributed by atoms with Gasteiger partial charge >= 0.3 is 0 Å². The van der Waals surface area contributed by atoms with Crippen molar-refractivity contribution in [2.24, 2.45) is 0 Å². The van der Waals surface area contributed by atoms with E-state index in [2.05, 4.69) is 21.2 Å². The van der Waals surface area contributed by atoms with Gasteiger partial charge in [-0.25, -0.2) is 0 Å². The summed E-state index contributed by atoms with van der Waals surface area (Å²) < 4.78 is 0.855. The summed E-state index contributed by atoms with van der Waals surface area (Å²) in [5, 5.41) is 3.93. The van der Waals surface area contributed by atoms with Gasteiger partial charge in [0.1, 0.15) is 0 Å². The maximum Gasteiger partial charge on any atom is 0.0596 e. The van der Waals surface area contributed by atoms with Crippen LogP contribution in [0, 0.1) is 0 Å². The van der Waals surface area contributed by atoms with Crippen LogP contribution >= 0.6 is 27.5 Å². The molecular weight excluding hydrogens is 288 g/mol. The lowest BCUT2D eigenvalue weighted by molar-refractivity contribution is 1.52. The fraction of sp³-hybridized carbons (Fsp3) is 0. The fourth-order valence-corrected chi connectivity index (χ4v) is 1.86. The summed E-state index contributed by atoms with van der Waals surface area (Å²) in [5.74, 6) is 0. The zero-order chi connectivity index (χ0) is 11.5. The van der Waals surface area contributed by atoms with Crippen LogP contribution < -0.4 is 11.1 Å². The molecule has 0 aliphatic rings. The number of rotatable bonds is 2. The molecule has 0 amide bonds. The third-order valence-corrected chi connectivity index (χ3v) is 3.54. The highest BCUT2D eigenvalue weighted by Crippen LogP contribution is 2.32. The van der Waals surface area contributed by atoms with Gasteiger partial charge in [0.05, 0.1) is 15.2 Å². The molecule has 0 aliphatic carbocycles. The van der Waals surface area contributed by atoms with Crippen molar-refractivity contribution < 1.29 is 0 Å². The number of anilines is 3. The molecular formula is C12H10BrClN2. The zero-order valence-corrected chi connectivity index (χ0v) is 10.7. The molecule has 2 nitrogen and oxygen atoms in total. The molecule has 4 heteroatoms. The normalized spacial score (nSPS) is 10.1. The van der Waals surface area contributed by atoms with Gasteiger partial charge in [-0.15, -0.1) is 0 Å². The molecule has 2 rings (SSSR count). The number of nitrogens with two attached hydrogens (primary N) is 1. The number of nitrogens with one attached hydrogen (secondary N) is 1. The summed E-state index contributed by atoms with van der Waals surface area (Å²) in [7, 11) is 0. The summed E-state index contributed by atoms with van der Waals surface area (Å²) >= 11 is 9.43. The van der Waals surface area contributed by atoms with Crippen molar-refractivity contribution in [2.75, 3.05) is 11.1 Å². The van der Waals surface area contributed by atoms with E-state index in [0.29, 0.717) is 5.02 Å². The van der Waals surface area contributed by atoms with Crippen LogP contribution in [0.3, 0.4) is 0 Å². The molecule has 2 aromatic rings. The molecule has 0 fully saturated rings. The molecule has 82 valence electrons. The van der Waals surface area contributed by atoms with Crippen LogP contribution in [0.25, 0.3) is 0 Å². The lowest BCUT2D eigenvalue weighted by Gasteiger charge is -2.09. The molecule has 0 atom stereocenters. The molecule has 0 aromatic heterocycles. The lowest BCUT2D eigenvalue weighted by Crippen LogP contribution is -1.92. The molecule has 0 aliphatic heterocycles. The minimum atomic E-state index is 0.681. The standard InChI is InChI=1S/C12H10BrClN2/c13-12-10(14)2-1-3-11(12)16-9-6-4-8(15)5-7-9/h1-7,16H,15H2. The molecule has 0 spiro atoms. The number of hydrogen-bond acceptors (Lipinski definition) is 2. The topological polar surface area (TPSA) is 38.0 Å². The van der Waals surface area contributed by atoms with Crippen molar-refractivity contribution in [1.29, 1.82) is 0 Å². The molecule has 0 bridgehead atoms. The Kier molecular flexibility index (Phi) is 3.36. The first-order valence-corrected chi connectivity index (χ1v) is 5.90. The number of benzene rings is 2. The maximum absolute atomic E-state index is 6.00. The van der Waals surface area contributed by atoms with Crippen LogP contribution in [-0.2, 0) is 0 Å². The summed E-state index contributed by atoms with van der Waals surface area (Å²) in [5.41, 5.74) is 8.26. The molecule has 0 radical (unpaired) electrons. The Morgan fingerprint density at radius 3 is 2.44 bits per heavy atom. The second-order valence-electron chi connectivity index (χ2n) is 3.35. The van der Waals surface area contributed by atoms with Crippen LogP contribution in [0.1, 0.15) is 0 Å². The van der Waals surface area contributed by atoms with Crippen LogP contribution in [0.5, 0.6) is 0 Å². The Labute approximate surface area is 108 Å². The van der Waals surface area contributed by atoms with Gasteiger partial charge < -0.3 is 11.1 Å². The molecule has 3 N–H and O–H groups in total. The third-order valence-electron chi connectivity index (χ3n) is 2.14. The Morgan fingerprint density at radius 1 is 1.06 bits per heavy atom. The molecule has 16 heavy (non-hydrogen) atoms. The van der Waals surface area contributed by atoms with Crippen LogP contribution in [0.4, 0.5) is 17.1 Å². The van der Waals surface area contributed by atoms with Crippen molar-refractivity contribution in [1.82, 2.24) is 0 Å². The van der Waals surface area contributed by atoms with Crippen molar-refractivity contribution >= 4 is 44.6 Å². The van der Waals surface area contributed by atoms with E-state index in [-0.39, 0.29) is 0 Å². The molecule has 0 saturated heterocycles. The summed E-state index contributed by atoms with van der Waals surface area (Å²) in [6, 6.07) is 13.2. The Balaban J connectivity index is 2.27. The highest BCUT2D eigenvalue weighted by Gasteiger charge is 2.03. The number of halogens is 2. The van der Waals surface area contributed by atoms with Crippen molar-refractivity contribution in [3.8, 4) is 0 Å². The number of hydrogen-bond donors (Lipinski definition) is 2. The highest BCUT2D eigenvalue weighted by atomic mass is 79.9. The van der Waals surface area contributed by atoms with E-state index in [9.17, 15) is 0 Å². The SMILES string of the molecule is Nc1ccc(Nc2cccc(Cl)c2Br)cc1. The second kappa shape index (κ2) is 4.76. The first-order valence-electron chi connectivity index (χ1n) is 4.73. The summed E-state index contributed by atoms with van der Waals surface area (Å²) in [6.45, 7) is 0. The van der Waals surface area contributed by atoms with E-state index in [4.69, 9.17) is 17.3 Å². The Bertz CT molecular complexity index is 497. The Morgan fingerprint density at radius 2 is 1.75 bits per heavy atom. The predicted octanol–water partition coefficient (Wildman–Crippen LogP) is 4.43. The van der Waals surface area contributed by atoms with Gasteiger partial charge in [0.15, 0.2) is 0 Å². The monoisotopic (exact) mass is 296 g/mol. The predicted molar refractivity (Wildman–Crippen MR) is 73.3 cm³/mol. The van der Waals surface area contributed by atoms with E-state index >= 15 is 0 Å². The van der Waals surface area contributed by atoms with E-state index in [1.54, 1.807) is 0 Å². The van der Waals surface area contributed by atoms with Crippen molar-refractivity contribution in [3.05, 3.63) is 52.0 Å². The second-order valence-corrected chi connectivity index (χ2v) is 4.55. The minimum absolute atomic E-state index is 0.681. The van der Waals surface area contributed by atoms with Gasteiger partial charge in [-0.2, -0.15) is 0 Å². The van der Waals surface area contributed by atoms with Gasteiger partial charge in [0.25, 0.3) is 0 Å². The fourth-order valence-electron chi connectivity index (χ4n) is 1.32. The maximum atomic E-state index is 6.00. The minimum Gasteiger partial charge on any atom is -0.399 e. The Hall–Kier alpha value is -1.19. The van der Waals surface area contributed by atoms with E-state index in [0.717, 1.165) is 21.5 Å². The zero-order valence-electron chi connectivity index (χ0n) is 8.37. The van der Waals surface area contributed by atoms with Crippen LogP contribution in [0.2, 0.25) is 5.02 Å². The van der Waals surface area contributed by atoms with Crippen LogP contribution in [0.15, 0.2) is 46.9 Å². The molecule has 0 saturated carbocycles. The van der Waals surface area contributed by atoms with E-state index < -0.39 is 0 Å². The smallest absolute Gasteiger partial charge is 0.0596 e. The third kappa shape index (κ3) is 2.49. The average Bonchev–Trinajstić information content (AvgIpc) is 2.28.